The first-order valence-electron chi connectivity index (χ1n) is 11.2. The number of aromatic nitrogens is 3. The Hall–Kier alpha value is -2.95. The molecule has 11 heteroatoms. The molecule has 0 unspecified atom stereocenters. The third kappa shape index (κ3) is 5.24. The van der Waals surface area contributed by atoms with Gasteiger partial charge in [0.05, 0.1) is 11.9 Å². The molecule has 0 aromatic carbocycles. The van der Waals surface area contributed by atoms with Gasteiger partial charge in [0, 0.05) is 49.9 Å². The minimum absolute atomic E-state index is 0. The Bertz CT molecular complexity index is 1220. The Balaban J connectivity index is 0.00000274. The topological polar surface area (TPSA) is 95.6 Å². The standard InChI is InChI=1S/C23H26FN5O4.ClH/c24-16-11-20-19(29(31)15-16)1-2-23(30)28(20)8-7-27-5-3-17(4-6-27)25-13-18-12-21-22(14-26-18)33-10-9-32-21;/h1-2,11-12,14-15,17,25H,3-10,13H2;1H. The maximum atomic E-state index is 13.8. The number of likely N-dealkylation sites (tertiary alicyclic amines) is 1. The lowest BCUT2D eigenvalue weighted by Crippen LogP contribution is -2.43. The first kappa shape index (κ1) is 24.2. The van der Waals surface area contributed by atoms with Gasteiger partial charge in [-0.1, -0.05) is 0 Å². The molecule has 2 aliphatic heterocycles. The van der Waals surface area contributed by atoms with Crippen molar-refractivity contribution in [2.24, 2.45) is 0 Å². The van der Waals surface area contributed by atoms with E-state index in [9.17, 15) is 14.4 Å². The van der Waals surface area contributed by atoms with Crippen molar-refractivity contribution in [1.82, 2.24) is 19.8 Å². The van der Waals surface area contributed by atoms with E-state index in [1.165, 1.54) is 22.8 Å². The first-order chi connectivity index (χ1) is 16.1. The lowest BCUT2D eigenvalue weighted by molar-refractivity contribution is -0.578. The molecule has 0 radical (unpaired) electrons. The molecule has 182 valence electrons. The van der Waals surface area contributed by atoms with Gasteiger partial charge in [-0.2, -0.15) is 4.73 Å². The van der Waals surface area contributed by atoms with Gasteiger partial charge in [0.2, 0.25) is 11.7 Å². The zero-order chi connectivity index (χ0) is 22.8. The van der Waals surface area contributed by atoms with E-state index in [1.54, 1.807) is 6.20 Å². The van der Waals surface area contributed by atoms with Crippen molar-refractivity contribution in [3.8, 4) is 11.5 Å². The highest BCUT2D eigenvalue weighted by atomic mass is 35.5. The molecule has 0 amide bonds. The summed E-state index contributed by atoms with van der Waals surface area (Å²) < 4.78 is 26.8. The summed E-state index contributed by atoms with van der Waals surface area (Å²) in [5.41, 5.74) is 1.28. The fraction of sp³-hybridized carbons (Fsp3) is 0.435. The van der Waals surface area contributed by atoms with E-state index in [0.717, 1.165) is 43.6 Å². The van der Waals surface area contributed by atoms with E-state index >= 15 is 0 Å². The van der Waals surface area contributed by atoms with Crippen molar-refractivity contribution in [2.45, 2.75) is 32.0 Å². The largest absolute Gasteiger partial charge is 0.618 e. The molecule has 1 fully saturated rings. The molecule has 0 saturated carbocycles. The van der Waals surface area contributed by atoms with Crippen LogP contribution in [0.2, 0.25) is 0 Å². The summed E-state index contributed by atoms with van der Waals surface area (Å²) in [6.45, 7) is 4.61. The minimum Gasteiger partial charge on any atom is -0.618 e. The zero-order valence-electron chi connectivity index (χ0n) is 18.6. The monoisotopic (exact) mass is 491 g/mol. The molecule has 3 aromatic heterocycles. The number of hydrogen-bond donors (Lipinski definition) is 1. The van der Waals surface area contributed by atoms with Gasteiger partial charge in [0.25, 0.3) is 5.56 Å². The lowest BCUT2D eigenvalue weighted by atomic mass is 10.0. The van der Waals surface area contributed by atoms with Crippen molar-refractivity contribution in [2.75, 3.05) is 32.8 Å². The van der Waals surface area contributed by atoms with Crippen LogP contribution in [0.3, 0.4) is 0 Å². The Morgan fingerprint density at radius 2 is 1.91 bits per heavy atom. The molecule has 1 saturated heterocycles. The van der Waals surface area contributed by atoms with Crippen molar-refractivity contribution in [1.29, 1.82) is 0 Å². The highest BCUT2D eigenvalue weighted by Crippen LogP contribution is 2.29. The van der Waals surface area contributed by atoms with Crippen LogP contribution >= 0.6 is 12.4 Å². The molecule has 1 N–H and O–H groups in total. The number of halogens is 2. The van der Waals surface area contributed by atoms with Gasteiger partial charge >= 0.3 is 0 Å². The summed E-state index contributed by atoms with van der Waals surface area (Å²) in [5.74, 6) is 0.779. The lowest BCUT2D eigenvalue weighted by Gasteiger charge is -2.32. The van der Waals surface area contributed by atoms with Gasteiger partial charge < -0.3 is 29.5 Å². The van der Waals surface area contributed by atoms with Crippen molar-refractivity contribution in [3.05, 3.63) is 63.7 Å². The van der Waals surface area contributed by atoms with Crippen LogP contribution in [0.15, 0.2) is 41.5 Å². The summed E-state index contributed by atoms with van der Waals surface area (Å²) in [7, 11) is 0. The number of ether oxygens (including phenoxy) is 2. The Labute approximate surface area is 202 Å². The predicted molar refractivity (Wildman–Crippen MR) is 126 cm³/mol. The predicted octanol–water partition coefficient (Wildman–Crippen LogP) is 1.62. The Morgan fingerprint density at radius 1 is 1.15 bits per heavy atom. The fourth-order valence-corrected chi connectivity index (χ4v) is 4.44. The Kier molecular flexibility index (Phi) is 7.50. The number of pyridine rings is 3. The molecule has 9 nitrogen and oxygen atoms in total. The molecular formula is C23H27ClFN5O4. The number of fused-ring (bicyclic) bond motifs is 2. The maximum Gasteiger partial charge on any atom is 0.251 e. The number of rotatable bonds is 6. The fourth-order valence-electron chi connectivity index (χ4n) is 4.44. The normalized spacial score (nSPS) is 16.4. The molecule has 3 aromatic rings. The average Bonchev–Trinajstić information content (AvgIpc) is 2.82. The Morgan fingerprint density at radius 3 is 2.71 bits per heavy atom. The van der Waals surface area contributed by atoms with E-state index in [0.29, 0.717) is 54.9 Å². The molecular weight excluding hydrogens is 465 g/mol. The number of piperidine rings is 1. The SMILES string of the molecule is Cl.O=c1ccc2c(cc(F)c[n+]2[O-])n1CCN1CCC(NCc2cc3c(cn2)OCCO3)CC1. The van der Waals surface area contributed by atoms with Crippen molar-refractivity contribution in [3.63, 3.8) is 0 Å². The summed E-state index contributed by atoms with van der Waals surface area (Å²) >= 11 is 0. The van der Waals surface area contributed by atoms with Gasteiger partial charge in [-0.05, 0) is 25.9 Å². The average molecular weight is 492 g/mol. The second-order valence-corrected chi connectivity index (χ2v) is 8.39. The third-order valence-corrected chi connectivity index (χ3v) is 6.24. The molecule has 0 spiro atoms. The molecule has 5 rings (SSSR count). The number of nitrogens with zero attached hydrogens (tertiary/aromatic N) is 4. The van der Waals surface area contributed by atoms with Gasteiger partial charge in [0.15, 0.2) is 17.3 Å². The third-order valence-electron chi connectivity index (χ3n) is 6.24. The minimum atomic E-state index is -0.656. The molecule has 5 heterocycles. The van der Waals surface area contributed by atoms with Gasteiger partial charge in [-0.15, -0.1) is 12.4 Å². The van der Waals surface area contributed by atoms with Crippen LogP contribution in [-0.2, 0) is 13.1 Å². The van der Waals surface area contributed by atoms with Crippen molar-refractivity contribution < 1.29 is 18.6 Å². The highest BCUT2D eigenvalue weighted by molar-refractivity contribution is 5.85. The van der Waals surface area contributed by atoms with E-state index < -0.39 is 5.82 Å². The highest BCUT2D eigenvalue weighted by Gasteiger charge is 2.20. The quantitative estimate of drug-likeness (QED) is 0.413. The second kappa shape index (κ2) is 10.5. The van der Waals surface area contributed by atoms with Crippen LogP contribution in [0.25, 0.3) is 11.0 Å². The summed E-state index contributed by atoms with van der Waals surface area (Å²) in [6.07, 6.45) is 4.54. The number of hydrogen-bond acceptors (Lipinski definition) is 7. The van der Waals surface area contributed by atoms with Crippen LogP contribution in [0.4, 0.5) is 4.39 Å². The zero-order valence-corrected chi connectivity index (χ0v) is 19.4. The second-order valence-electron chi connectivity index (χ2n) is 8.39. The van der Waals surface area contributed by atoms with Crippen LogP contribution in [0, 0.1) is 11.0 Å². The molecule has 0 aliphatic carbocycles. The summed E-state index contributed by atoms with van der Waals surface area (Å²) in [4.78, 5) is 19.1. The van der Waals surface area contributed by atoms with Crippen LogP contribution in [0.1, 0.15) is 18.5 Å². The smallest absolute Gasteiger partial charge is 0.251 e. The molecule has 0 bridgehead atoms. The molecule has 34 heavy (non-hydrogen) atoms. The van der Waals surface area contributed by atoms with Crippen LogP contribution < -0.4 is 25.1 Å². The van der Waals surface area contributed by atoms with E-state index in [2.05, 4.69) is 15.2 Å². The van der Waals surface area contributed by atoms with Gasteiger partial charge in [0.1, 0.15) is 18.7 Å². The van der Waals surface area contributed by atoms with Crippen LogP contribution in [-0.4, -0.2) is 53.3 Å². The number of nitrogens with one attached hydrogen (secondary N) is 1. The van der Waals surface area contributed by atoms with Gasteiger partial charge in [-0.3, -0.25) is 9.78 Å². The van der Waals surface area contributed by atoms with E-state index in [1.807, 2.05) is 6.07 Å². The van der Waals surface area contributed by atoms with Gasteiger partial charge in [-0.25, -0.2) is 4.39 Å². The van der Waals surface area contributed by atoms with Crippen molar-refractivity contribution >= 4 is 23.4 Å². The molecule has 2 aliphatic rings. The van der Waals surface area contributed by atoms with E-state index in [4.69, 9.17) is 9.47 Å². The molecule has 0 atom stereocenters. The first-order valence-corrected chi connectivity index (χ1v) is 11.2. The summed E-state index contributed by atoms with van der Waals surface area (Å²) in [5, 5.41) is 15.5. The van der Waals surface area contributed by atoms with Crippen LogP contribution in [0.5, 0.6) is 11.5 Å². The van der Waals surface area contributed by atoms with E-state index in [-0.39, 0.29) is 23.5 Å². The maximum absolute atomic E-state index is 13.8. The summed E-state index contributed by atoms with van der Waals surface area (Å²) in [6, 6.07) is 6.34.